The molecule has 0 bridgehead atoms. The Morgan fingerprint density at radius 3 is 3.00 bits per heavy atom. The molecular formula is C13H14N6O. The molecule has 1 amide bonds. The number of benzene rings is 1. The highest BCUT2D eigenvalue weighted by molar-refractivity contribution is 5.91. The second-order valence-corrected chi connectivity index (χ2v) is 4.44. The topological polar surface area (TPSA) is 88.5 Å². The Kier molecular flexibility index (Phi) is 3.16. The maximum atomic E-state index is 11.7. The van der Waals surface area contributed by atoms with E-state index in [2.05, 4.69) is 25.7 Å². The Bertz CT molecular complexity index is 730. The van der Waals surface area contributed by atoms with Crippen LogP contribution in [0.3, 0.4) is 0 Å². The van der Waals surface area contributed by atoms with E-state index in [0.29, 0.717) is 13.0 Å². The molecule has 0 fully saturated rings. The first-order valence-corrected chi connectivity index (χ1v) is 6.30. The lowest BCUT2D eigenvalue weighted by Gasteiger charge is -2.03. The minimum absolute atomic E-state index is 0.238. The first-order valence-electron chi connectivity index (χ1n) is 6.30. The zero-order chi connectivity index (χ0) is 13.9. The fourth-order valence-electron chi connectivity index (χ4n) is 2.11. The number of carbonyl (C=O) groups is 1. The third kappa shape index (κ3) is 2.25. The summed E-state index contributed by atoms with van der Waals surface area (Å²) in [6.07, 6.45) is 2.05. The normalized spacial score (nSPS) is 10.8. The molecule has 0 radical (unpaired) electrons. The molecule has 20 heavy (non-hydrogen) atoms. The summed E-state index contributed by atoms with van der Waals surface area (Å²) >= 11 is 0. The van der Waals surface area contributed by atoms with Crippen molar-refractivity contribution >= 4 is 16.9 Å². The monoisotopic (exact) mass is 270 g/mol. The van der Waals surface area contributed by atoms with Crippen molar-refractivity contribution in [2.24, 2.45) is 7.05 Å². The number of aromatic nitrogens is 5. The van der Waals surface area contributed by atoms with Gasteiger partial charge in [0.25, 0.3) is 5.91 Å². The van der Waals surface area contributed by atoms with Crippen molar-refractivity contribution in [2.75, 3.05) is 6.54 Å². The maximum absolute atomic E-state index is 11.7. The van der Waals surface area contributed by atoms with Gasteiger partial charge in [-0.25, -0.2) is 4.98 Å². The number of H-pyrrole nitrogens is 1. The highest BCUT2D eigenvalue weighted by Gasteiger charge is 2.10. The van der Waals surface area contributed by atoms with Crippen LogP contribution in [0.25, 0.3) is 11.0 Å². The van der Waals surface area contributed by atoms with Crippen molar-refractivity contribution in [1.82, 2.24) is 30.3 Å². The molecule has 0 spiro atoms. The van der Waals surface area contributed by atoms with Crippen LogP contribution in [0.5, 0.6) is 0 Å². The van der Waals surface area contributed by atoms with Gasteiger partial charge in [-0.2, -0.15) is 15.4 Å². The van der Waals surface area contributed by atoms with Crippen molar-refractivity contribution in [3.63, 3.8) is 0 Å². The van der Waals surface area contributed by atoms with Crippen LogP contribution in [0, 0.1) is 0 Å². The molecule has 7 heteroatoms. The molecule has 0 saturated heterocycles. The van der Waals surface area contributed by atoms with E-state index in [1.54, 1.807) is 0 Å². The molecule has 0 aliphatic rings. The highest BCUT2D eigenvalue weighted by atomic mass is 16.1. The lowest BCUT2D eigenvalue weighted by atomic mass is 10.3. The Hall–Kier alpha value is -2.70. The van der Waals surface area contributed by atoms with Crippen molar-refractivity contribution in [3.05, 3.63) is 42.0 Å². The Morgan fingerprint density at radius 2 is 2.25 bits per heavy atom. The summed E-state index contributed by atoms with van der Waals surface area (Å²) in [7, 11) is 1.98. The van der Waals surface area contributed by atoms with Crippen LogP contribution in [-0.2, 0) is 13.5 Å². The summed E-state index contributed by atoms with van der Waals surface area (Å²) in [6.45, 7) is 0.503. The number of fused-ring (bicyclic) bond motifs is 1. The molecule has 102 valence electrons. The number of rotatable bonds is 4. The summed E-state index contributed by atoms with van der Waals surface area (Å²) in [5.74, 6) is 0.698. The standard InChI is InChI=1S/C13H14N6O/c1-19-11-5-3-2-4-9(11)16-12(19)6-7-14-13(20)10-8-15-18-17-10/h2-5,8H,6-7H2,1H3,(H,14,20)(H,15,17,18). The first kappa shape index (κ1) is 12.3. The Balaban J connectivity index is 1.65. The summed E-state index contributed by atoms with van der Waals surface area (Å²) in [5, 5.41) is 12.5. The lowest BCUT2D eigenvalue weighted by Crippen LogP contribution is -2.26. The third-order valence-corrected chi connectivity index (χ3v) is 3.16. The van der Waals surface area contributed by atoms with Crippen molar-refractivity contribution in [3.8, 4) is 0 Å². The maximum Gasteiger partial charge on any atom is 0.273 e. The van der Waals surface area contributed by atoms with Gasteiger partial charge in [0.05, 0.1) is 17.2 Å². The number of hydrogen-bond donors (Lipinski definition) is 2. The summed E-state index contributed by atoms with van der Waals surface area (Å²) in [4.78, 5) is 16.2. The van der Waals surface area contributed by atoms with Crippen LogP contribution < -0.4 is 5.32 Å². The Labute approximate surface area is 115 Å². The van der Waals surface area contributed by atoms with Crippen LogP contribution >= 0.6 is 0 Å². The smallest absolute Gasteiger partial charge is 0.273 e. The van der Waals surface area contributed by atoms with Crippen molar-refractivity contribution < 1.29 is 4.79 Å². The van der Waals surface area contributed by atoms with Gasteiger partial charge < -0.3 is 9.88 Å². The average Bonchev–Trinajstić information content (AvgIpc) is 3.09. The van der Waals surface area contributed by atoms with Gasteiger partial charge in [-0.3, -0.25) is 4.79 Å². The van der Waals surface area contributed by atoms with E-state index < -0.39 is 0 Å². The first-order chi connectivity index (χ1) is 9.75. The van der Waals surface area contributed by atoms with E-state index in [9.17, 15) is 4.79 Å². The van der Waals surface area contributed by atoms with E-state index in [1.807, 2.05) is 35.9 Å². The quantitative estimate of drug-likeness (QED) is 0.729. The van der Waals surface area contributed by atoms with Crippen LogP contribution in [0.4, 0.5) is 0 Å². The number of aromatic amines is 1. The summed E-state index contributed by atoms with van der Waals surface area (Å²) in [6, 6.07) is 7.96. The molecule has 0 aliphatic carbocycles. The zero-order valence-corrected chi connectivity index (χ0v) is 11.0. The van der Waals surface area contributed by atoms with Crippen molar-refractivity contribution in [1.29, 1.82) is 0 Å². The molecule has 1 aromatic carbocycles. The minimum atomic E-state index is -0.238. The molecule has 3 aromatic rings. The molecule has 0 atom stereocenters. The molecule has 0 unspecified atom stereocenters. The van der Waals surface area contributed by atoms with Gasteiger partial charge in [0, 0.05) is 20.0 Å². The van der Waals surface area contributed by atoms with E-state index in [-0.39, 0.29) is 11.6 Å². The molecule has 2 aromatic heterocycles. The number of aryl methyl sites for hydroxylation is 1. The third-order valence-electron chi connectivity index (χ3n) is 3.16. The second-order valence-electron chi connectivity index (χ2n) is 4.44. The molecule has 0 saturated carbocycles. The number of amides is 1. The van der Waals surface area contributed by atoms with Crippen molar-refractivity contribution in [2.45, 2.75) is 6.42 Å². The van der Waals surface area contributed by atoms with Gasteiger partial charge in [-0.1, -0.05) is 12.1 Å². The molecular weight excluding hydrogens is 256 g/mol. The molecule has 2 N–H and O–H groups in total. The van der Waals surface area contributed by atoms with Crippen LogP contribution in [-0.4, -0.2) is 37.4 Å². The number of nitrogens with one attached hydrogen (secondary N) is 2. The molecule has 7 nitrogen and oxygen atoms in total. The average molecular weight is 270 g/mol. The van der Waals surface area contributed by atoms with Gasteiger partial charge in [-0.05, 0) is 12.1 Å². The summed E-state index contributed by atoms with van der Waals surface area (Å²) in [5.41, 5.74) is 2.34. The van der Waals surface area contributed by atoms with Crippen LogP contribution in [0.2, 0.25) is 0 Å². The summed E-state index contributed by atoms with van der Waals surface area (Å²) < 4.78 is 2.04. The lowest BCUT2D eigenvalue weighted by molar-refractivity contribution is 0.0949. The van der Waals surface area contributed by atoms with Gasteiger partial charge in [0.2, 0.25) is 0 Å². The number of imidazole rings is 1. The van der Waals surface area contributed by atoms with E-state index >= 15 is 0 Å². The van der Waals surface area contributed by atoms with Gasteiger partial charge in [-0.15, -0.1) is 0 Å². The van der Waals surface area contributed by atoms with E-state index in [0.717, 1.165) is 16.9 Å². The van der Waals surface area contributed by atoms with E-state index in [1.165, 1.54) is 6.20 Å². The predicted molar refractivity (Wildman–Crippen MR) is 73.1 cm³/mol. The highest BCUT2D eigenvalue weighted by Crippen LogP contribution is 2.14. The number of para-hydroxylation sites is 2. The zero-order valence-electron chi connectivity index (χ0n) is 11.0. The number of hydrogen-bond acceptors (Lipinski definition) is 4. The fraction of sp³-hybridized carbons (Fsp3) is 0.231. The SMILES string of the molecule is Cn1c(CCNC(=O)c2cn[nH]n2)nc2ccccc21. The number of carbonyl (C=O) groups excluding carboxylic acids is 1. The predicted octanol–water partition coefficient (Wildman–Crippen LogP) is 0.664. The molecule has 2 heterocycles. The van der Waals surface area contributed by atoms with Crippen LogP contribution in [0.15, 0.2) is 30.5 Å². The Morgan fingerprint density at radius 1 is 1.40 bits per heavy atom. The number of nitrogens with zero attached hydrogens (tertiary/aromatic N) is 4. The largest absolute Gasteiger partial charge is 0.350 e. The van der Waals surface area contributed by atoms with Gasteiger partial charge in [0.15, 0.2) is 5.69 Å². The molecule has 0 aliphatic heterocycles. The molecule has 3 rings (SSSR count). The van der Waals surface area contributed by atoms with Crippen LogP contribution in [0.1, 0.15) is 16.3 Å². The minimum Gasteiger partial charge on any atom is -0.350 e. The van der Waals surface area contributed by atoms with Gasteiger partial charge in [0.1, 0.15) is 5.82 Å². The van der Waals surface area contributed by atoms with E-state index in [4.69, 9.17) is 0 Å². The van der Waals surface area contributed by atoms with Gasteiger partial charge >= 0.3 is 0 Å². The second kappa shape index (κ2) is 5.12. The fourth-order valence-corrected chi connectivity index (χ4v) is 2.11.